The van der Waals surface area contributed by atoms with Crippen LogP contribution in [0.15, 0.2) is 42.5 Å². The summed E-state index contributed by atoms with van der Waals surface area (Å²) in [5.41, 5.74) is 2.99. The fraction of sp³-hybridized carbons (Fsp3) is 0.364. The number of anilines is 1. The molecule has 0 saturated heterocycles. The zero-order valence-electron chi connectivity index (χ0n) is 15.7. The highest BCUT2D eigenvalue weighted by Crippen LogP contribution is 2.40. The molecule has 1 heterocycles. The monoisotopic (exact) mass is 364 g/mol. The van der Waals surface area contributed by atoms with Crippen LogP contribution in [0.4, 0.5) is 5.69 Å². The quantitative estimate of drug-likeness (QED) is 0.868. The smallest absolute Gasteiger partial charge is 0.265 e. The Bertz CT molecular complexity index is 900. The third-order valence-corrected chi connectivity index (χ3v) is 5.56. The highest BCUT2D eigenvalue weighted by atomic mass is 16.5. The number of aryl methyl sites for hydroxylation is 1. The highest BCUT2D eigenvalue weighted by molar-refractivity contribution is 6.04. The van der Waals surface area contributed by atoms with Crippen LogP contribution < -0.4 is 15.4 Å². The number of hydrogen-bond acceptors (Lipinski definition) is 3. The first-order valence-corrected chi connectivity index (χ1v) is 9.49. The normalized spacial score (nSPS) is 20.4. The van der Waals surface area contributed by atoms with Gasteiger partial charge < -0.3 is 15.4 Å². The lowest BCUT2D eigenvalue weighted by molar-refractivity contribution is -0.122. The highest BCUT2D eigenvalue weighted by Gasteiger charge is 2.38. The van der Waals surface area contributed by atoms with Crippen LogP contribution >= 0.6 is 0 Å². The summed E-state index contributed by atoms with van der Waals surface area (Å²) in [4.78, 5) is 25.1. The maximum absolute atomic E-state index is 13.2. The van der Waals surface area contributed by atoms with Gasteiger partial charge in [-0.25, -0.2) is 0 Å². The number of carbonyl (C=O) groups excluding carboxylic acids is 2. The first-order chi connectivity index (χ1) is 13.0. The average Bonchev–Trinajstić information content (AvgIpc) is 3.12. The van der Waals surface area contributed by atoms with Gasteiger partial charge >= 0.3 is 0 Å². The third-order valence-electron chi connectivity index (χ3n) is 5.56. The van der Waals surface area contributed by atoms with Gasteiger partial charge in [-0.05, 0) is 44.4 Å². The van der Waals surface area contributed by atoms with Crippen molar-refractivity contribution in [2.24, 2.45) is 0 Å². The van der Waals surface area contributed by atoms with Crippen molar-refractivity contribution >= 4 is 17.5 Å². The van der Waals surface area contributed by atoms with E-state index in [1.807, 2.05) is 6.07 Å². The maximum Gasteiger partial charge on any atom is 0.265 e. The predicted molar refractivity (Wildman–Crippen MR) is 104 cm³/mol. The molecule has 1 aliphatic heterocycles. The Kier molecular flexibility index (Phi) is 4.38. The molecule has 1 saturated carbocycles. The van der Waals surface area contributed by atoms with E-state index in [0.717, 1.165) is 31.2 Å². The molecule has 1 aliphatic carbocycles. The summed E-state index contributed by atoms with van der Waals surface area (Å²) >= 11 is 0. The summed E-state index contributed by atoms with van der Waals surface area (Å²) in [5.74, 6) is 0.0742. The fourth-order valence-electron chi connectivity index (χ4n) is 4.10. The Hall–Kier alpha value is -2.82. The number of nitrogens with one attached hydrogen (secondary N) is 2. The lowest BCUT2D eigenvalue weighted by Gasteiger charge is -2.32. The molecule has 2 N–H and O–H groups in total. The second-order valence-electron chi connectivity index (χ2n) is 7.54. The molecule has 140 valence electrons. The van der Waals surface area contributed by atoms with Gasteiger partial charge in [0.15, 0.2) is 11.9 Å². The van der Waals surface area contributed by atoms with Gasteiger partial charge in [-0.3, -0.25) is 9.59 Å². The number of rotatable bonds is 3. The number of hydrogen-bond donors (Lipinski definition) is 2. The number of carbonyl (C=O) groups is 2. The second-order valence-corrected chi connectivity index (χ2v) is 7.54. The molecule has 5 nitrogen and oxygen atoms in total. The molecule has 2 aromatic carbocycles. The van der Waals surface area contributed by atoms with Crippen LogP contribution in [0, 0.1) is 6.92 Å². The van der Waals surface area contributed by atoms with Gasteiger partial charge in [-0.15, -0.1) is 0 Å². The number of benzene rings is 2. The molecule has 27 heavy (non-hydrogen) atoms. The Morgan fingerprint density at radius 1 is 1.19 bits per heavy atom. The van der Waals surface area contributed by atoms with Crippen LogP contribution in [0.1, 0.15) is 54.1 Å². The van der Waals surface area contributed by atoms with Gasteiger partial charge in [-0.2, -0.15) is 0 Å². The van der Waals surface area contributed by atoms with Crippen LogP contribution in [0.5, 0.6) is 5.75 Å². The maximum atomic E-state index is 13.2. The van der Waals surface area contributed by atoms with Crippen molar-refractivity contribution in [2.75, 3.05) is 5.32 Å². The van der Waals surface area contributed by atoms with Crippen molar-refractivity contribution in [3.05, 3.63) is 59.2 Å². The van der Waals surface area contributed by atoms with E-state index in [0.29, 0.717) is 17.0 Å². The van der Waals surface area contributed by atoms with Crippen molar-refractivity contribution in [1.29, 1.82) is 0 Å². The van der Waals surface area contributed by atoms with Gasteiger partial charge in [-0.1, -0.05) is 48.7 Å². The SMILES string of the molecule is Cc1cccc(C2(NC(=O)c3cccc4c3OC(C)C(=O)N4)CCCC2)c1. The molecule has 5 heteroatoms. The van der Waals surface area contributed by atoms with Crippen LogP contribution in [0.2, 0.25) is 0 Å². The van der Waals surface area contributed by atoms with Crippen molar-refractivity contribution in [3.8, 4) is 5.75 Å². The predicted octanol–water partition coefficient (Wildman–Crippen LogP) is 3.91. The molecule has 0 spiro atoms. The summed E-state index contributed by atoms with van der Waals surface area (Å²) in [6.07, 6.45) is 3.40. The molecule has 1 atom stereocenters. The van der Waals surface area contributed by atoms with Crippen molar-refractivity contribution in [3.63, 3.8) is 0 Å². The van der Waals surface area contributed by atoms with E-state index >= 15 is 0 Å². The largest absolute Gasteiger partial charge is 0.478 e. The third kappa shape index (κ3) is 3.18. The minimum atomic E-state index is -0.622. The molecule has 2 aromatic rings. The number of para-hydroxylation sites is 1. The summed E-state index contributed by atoms with van der Waals surface area (Å²) in [6, 6.07) is 13.6. The molecule has 0 aromatic heterocycles. The lowest BCUT2D eigenvalue weighted by Crippen LogP contribution is -2.44. The zero-order chi connectivity index (χ0) is 19.0. The van der Waals surface area contributed by atoms with Gasteiger partial charge in [0.2, 0.25) is 0 Å². The molecule has 1 unspecified atom stereocenters. The molecule has 1 fully saturated rings. The molecule has 0 bridgehead atoms. The minimum absolute atomic E-state index is 0.168. The number of ether oxygens (including phenoxy) is 1. The minimum Gasteiger partial charge on any atom is -0.478 e. The topological polar surface area (TPSA) is 67.4 Å². The van der Waals surface area contributed by atoms with Crippen LogP contribution in [-0.4, -0.2) is 17.9 Å². The van der Waals surface area contributed by atoms with Gasteiger partial charge in [0.05, 0.1) is 16.8 Å². The van der Waals surface area contributed by atoms with Crippen LogP contribution in [0.25, 0.3) is 0 Å². The van der Waals surface area contributed by atoms with Gasteiger partial charge in [0, 0.05) is 0 Å². The van der Waals surface area contributed by atoms with E-state index in [4.69, 9.17) is 4.74 Å². The van der Waals surface area contributed by atoms with Crippen molar-refractivity contribution in [1.82, 2.24) is 5.32 Å². The van der Waals surface area contributed by atoms with Gasteiger partial charge in [0.25, 0.3) is 11.8 Å². The molecule has 2 amide bonds. The summed E-state index contributed by atoms with van der Waals surface area (Å²) in [5, 5.41) is 6.10. The molecule has 0 radical (unpaired) electrons. The van der Waals surface area contributed by atoms with E-state index in [2.05, 4.69) is 35.8 Å². The standard InChI is InChI=1S/C22H24N2O3/c1-14-7-5-8-16(13-14)22(11-3-4-12-22)24-21(26)17-9-6-10-18-19(17)27-15(2)20(25)23-18/h5-10,13,15H,3-4,11-12H2,1-2H3,(H,23,25)(H,24,26). The Balaban J connectivity index is 1.67. The molecular weight excluding hydrogens is 340 g/mol. The average molecular weight is 364 g/mol. The van der Waals surface area contributed by atoms with Crippen molar-refractivity contribution in [2.45, 2.75) is 51.2 Å². The molecule has 2 aliphatic rings. The number of amides is 2. The zero-order valence-corrected chi connectivity index (χ0v) is 15.7. The molecule has 4 rings (SSSR count). The van der Waals surface area contributed by atoms with Crippen LogP contribution in [-0.2, 0) is 10.3 Å². The summed E-state index contributed by atoms with van der Waals surface area (Å²) in [7, 11) is 0. The van der Waals surface area contributed by atoms with Crippen molar-refractivity contribution < 1.29 is 14.3 Å². The first kappa shape index (κ1) is 17.6. The Morgan fingerprint density at radius 3 is 2.67 bits per heavy atom. The van der Waals surface area contributed by atoms with E-state index in [9.17, 15) is 9.59 Å². The van der Waals surface area contributed by atoms with Gasteiger partial charge in [0.1, 0.15) is 0 Å². The fourth-order valence-corrected chi connectivity index (χ4v) is 4.10. The van der Waals surface area contributed by atoms with E-state index in [1.165, 1.54) is 5.56 Å². The summed E-state index contributed by atoms with van der Waals surface area (Å²) < 4.78 is 5.75. The lowest BCUT2D eigenvalue weighted by atomic mass is 9.87. The Labute approximate surface area is 159 Å². The van der Waals surface area contributed by atoms with E-state index in [1.54, 1.807) is 25.1 Å². The second kappa shape index (κ2) is 6.72. The first-order valence-electron chi connectivity index (χ1n) is 9.49. The number of fused-ring (bicyclic) bond motifs is 1. The van der Waals surface area contributed by atoms with Crippen LogP contribution in [0.3, 0.4) is 0 Å². The Morgan fingerprint density at radius 2 is 1.93 bits per heavy atom. The van der Waals surface area contributed by atoms with E-state index < -0.39 is 6.10 Å². The summed E-state index contributed by atoms with van der Waals surface area (Å²) in [6.45, 7) is 3.75. The van der Waals surface area contributed by atoms with E-state index in [-0.39, 0.29) is 17.4 Å². The molecular formula is C22H24N2O3.